The van der Waals surface area contributed by atoms with E-state index in [1.165, 1.54) is 17.3 Å². The van der Waals surface area contributed by atoms with Gasteiger partial charge in [-0.3, -0.25) is 9.69 Å². The summed E-state index contributed by atoms with van der Waals surface area (Å²) in [5.41, 5.74) is 5.46. The van der Waals surface area contributed by atoms with E-state index in [-0.39, 0.29) is 24.7 Å². The molecule has 98 valence electrons. The molecule has 0 aromatic carbocycles. The molecule has 1 aromatic heterocycles. The number of nitrogens with two attached hydrogens (primary N) is 1. The zero-order valence-corrected chi connectivity index (χ0v) is 10.1. The summed E-state index contributed by atoms with van der Waals surface area (Å²) in [5.74, 6) is -1.03. The van der Waals surface area contributed by atoms with Gasteiger partial charge in [0.25, 0.3) is 0 Å². The van der Waals surface area contributed by atoms with Crippen LogP contribution in [-0.4, -0.2) is 36.6 Å². The number of amides is 1. The first kappa shape index (κ1) is 12.7. The molecule has 0 radical (unpaired) electrons. The van der Waals surface area contributed by atoms with Crippen LogP contribution in [0.1, 0.15) is 6.42 Å². The van der Waals surface area contributed by atoms with Crippen LogP contribution in [0.5, 0.6) is 0 Å². The van der Waals surface area contributed by atoms with Gasteiger partial charge in [0, 0.05) is 24.9 Å². The van der Waals surface area contributed by atoms with Gasteiger partial charge >= 0.3 is 10.2 Å². The van der Waals surface area contributed by atoms with E-state index in [4.69, 9.17) is 5.73 Å². The zero-order chi connectivity index (χ0) is 13.3. The van der Waals surface area contributed by atoms with Crippen molar-refractivity contribution < 1.29 is 17.1 Å². The number of aromatic nitrogens is 2. The van der Waals surface area contributed by atoms with Crippen molar-refractivity contribution in [1.29, 1.82) is 0 Å². The van der Waals surface area contributed by atoms with Gasteiger partial charge < -0.3 is 5.73 Å². The standard InChI is InChI=1S/C9H11FN4O3S/c10-18(16,17)4-6-1-9(15)14(3-6)8-2-7(11)12-5-13-8/h2,5-6H,1,3-4H2,(H2,11,12,13). The monoisotopic (exact) mass is 274 g/mol. The van der Waals surface area contributed by atoms with E-state index in [1.807, 2.05) is 0 Å². The molecule has 1 atom stereocenters. The highest BCUT2D eigenvalue weighted by molar-refractivity contribution is 7.86. The van der Waals surface area contributed by atoms with Crippen LogP contribution in [0.4, 0.5) is 15.5 Å². The molecular weight excluding hydrogens is 263 g/mol. The summed E-state index contributed by atoms with van der Waals surface area (Å²) in [6.07, 6.45) is 1.18. The van der Waals surface area contributed by atoms with E-state index in [0.29, 0.717) is 5.82 Å². The maximum atomic E-state index is 12.6. The Hall–Kier alpha value is -1.77. The molecular formula is C9H11FN4O3S. The number of rotatable bonds is 3. The molecule has 2 heterocycles. The molecule has 2 N–H and O–H groups in total. The second kappa shape index (κ2) is 4.48. The number of nitrogen functional groups attached to an aromatic ring is 1. The summed E-state index contributed by atoms with van der Waals surface area (Å²) in [5, 5.41) is 0. The second-order valence-electron chi connectivity index (χ2n) is 4.08. The third kappa shape index (κ3) is 2.92. The van der Waals surface area contributed by atoms with Crippen LogP contribution in [0.2, 0.25) is 0 Å². The molecule has 1 unspecified atom stereocenters. The maximum Gasteiger partial charge on any atom is 0.302 e. The summed E-state index contributed by atoms with van der Waals surface area (Å²) in [7, 11) is -4.58. The maximum absolute atomic E-state index is 12.6. The lowest BCUT2D eigenvalue weighted by molar-refractivity contribution is -0.117. The van der Waals surface area contributed by atoms with Crippen molar-refractivity contribution in [2.75, 3.05) is 22.9 Å². The molecule has 1 aliphatic heterocycles. The van der Waals surface area contributed by atoms with Gasteiger partial charge in [-0.15, -0.1) is 3.89 Å². The molecule has 1 aromatic rings. The average molecular weight is 274 g/mol. The van der Waals surface area contributed by atoms with Gasteiger partial charge in [-0.05, 0) is 0 Å². The Morgan fingerprint density at radius 2 is 2.22 bits per heavy atom. The van der Waals surface area contributed by atoms with Gasteiger partial charge in [-0.25, -0.2) is 9.97 Å². The summed E-state index contributed by atoms with van der Waals surface area (Å²) in [6, 6.07) is 1.41. The Bertz CT molecular complexity index is 577. The fourth-order valence-electron chi connectivity index (χ4n) is 1.91. The van der Waals surface area contributed by atoms with Crippen LogP contribution in [0.25, 0.3) is 0 Å². The van der Waals surface area contributed by atoms with Gasteiger partial charge in [0.1, 0.15) is 18.0 Å². The third-order valence-corrected chi connectivity index (χ3v) is 3.46. The second-order valence-corrected chi connectivity index (χ2v) is 5.49. The van der Waals surface area contributed by atoms with Crippen LogP contribution in [0.3, 0.4) is 0 Å². The Morgan fingerprint density at radius 3 is 2.83 bits per heavy atom. The Morgan fingerprint density at radius 1 is 1.50 bits per heavy atom. The average Bonchev–Trinajstić information content (AvgIpc) is 2.56. The molecule has 1 amide bonds. The molecule has 9 heteroatoms. The lowest BCUT2D eigenvalue weighted by Crippen LogP contribution is -2.26. The van der Waals surface area contributed by atoms with Crippen molar-refractivity contribution in [1.82, 2.24) is 9.97 Å². The van der Waals surface area contributed by atoms with Crippen LogP contribution < -0.4 is 10.6 Å². The minimum Gasteiger partial charge on any atom is -0.384 e. The molecule has 2 rings (SSSR count). The minimum absolute atomic E-state index is 0.0208. The van der Waals surface area contributed by atoms with E-state index in [9.17, 15) is 17.1 Å². The minimum atomic E-state index is -4.58. The lowest BCUT2D eigenvalue weighted by Gasteiger charge is -2.14. The molecule has 0 saturated carbocycles. The number of nitrogens with zero attached hydrogens (tertiary/aromatic N) is 3. The quantitative estimate of drug-likeness (QED) is 0.759. The highest BCUT2D eigenvalue weighted by atomic mass is 32.3. The number of hydrogen-bond acceptors (Lipinski definition) is 6. The van der Waals surface area contributed by atoms with E-state index in [0.717, 1.165) is 0 Å². The first-order valence-corrected chi connectivity index (χ1v) is 6.70. The molecule has 0 aliphatic carbocycles. The van der Waals surface area contributed by atoms with Crippen LogP contribution in [0.15, 0.2) is 12.4 Å². The fraction of sp³-hybridized carbons (Fsp3) is 0.444. The number of halogens is 1. The third-order valence-electron chi connectivity index (χ3n) is 2.59. The molecule has 7 nitrogen and oxygen atoms in total. The highest BCUT2D eigenvalue weighted by Gasteiger charge is 2.34. The van der Waals surface area contributed by atoms with Crippen molar-refractivity contribution in [2.24, 2.45) is 5.92 Å². The topological polar surface area (TPSA) is 106 Å². The van der Waals surface area contributed by atoms with E-state index in [1.54, 1.807) is 0 Å². The van der Waals surface area contributed by atoms with Crippen molar-refractivity contribution in [3.63, 3.8) is 0 Å². The first-order chi connectivity index (χ1) is 8.35. The van der Waals surface area contributed by atoms with Gasteiger partial charge in [0.15, 0.2) is 0 Å². The van der Waals surface area contributed by atoms with Crippen molar-refractivity contribution in [3.8, 4) is 0 Å². The first-order valence-electron chi connectivity index (χ1n) is 5.15. The number of hydrogen-bond donors (Lipinski definition) is 1. The molecule has 1 aliphatic rings. The molecule has 0 spiro atoms. The van der Waals surface area contributed by atoms with Crippen molar-refractivity contribution in [2.45, 2.75) is 6.42 Å². The Balaban J connectivity index is 2.15. The molecule has 1 fully saturated rings. The predicted octanol–water partition coefficient (Wildman–Crippen LogP) is -0.289. The summed E-state index contributed by atoms with van der Waals surface area (Å²) < 4.78 is 33.7. The van der Waals surface area contributed by atoms with E-state index >= 15 is 0 Å². The van der Waals surface area contributed by atoms with E-state index in [2.05, 4.69) is 9.97 Å². The molecule has 1 saturated heterocycles. The number of carbonyl (C=O) groups is 1. The van der Waals surface area contributed by atoms with Crippen LogP contribution in [0, 0.1) is 5.92 Å². The zero-order valence-electron chi connectivity index (χ0n) is 9.28. The van der Waals surface area contributed by atoms with Crippen molar-refractivity contribution >= 4 is 27.8 Å². The van der Waals surface area contributed by atoms with Gasteiger partial charge in [0.2, 0.25) is 5.91 Å². The van der Waals surface area contributed by atoms with Crippen LogP contribution >= 0.6 is 0 Å². The number of anilines is 2. The Labute approximate surface area is 103 Å². The number of carbonyl (C=O) groups excluding carboxylic acids is 1. The Kier molecular flexibility index (Phi) is 3.16. The van der Waals surface area contributed by atoms with E-state index < -0.39 is 21.9 Å². The smallest absolute Gasteiger partial charge is 0.302 e. The van der Waals surface area contributed by atoms with Crippen LogP contribution in [-0.2, 0) is 15.0 Å². The molecule has 18 heavy (non-hydrogen) atoms. The molecule has 0 bridgehead atoms. The summed E-state index contributed by atoms with van der Waals surface area (Å²) in [4.78, 5) is 20.5. The van der Waals surface area contributed by atoms with Gasteiger partial charge in [0.05, 0.1) is 5.75 Å². The summed E-state index contributed by atoms with van der Waals surface area (Å²) in [6.45, 7) is 0.110. The highest BCUT2D eigenvalue weighted by Crippen LogP contribution is 2.25. The fourth-order valence-corrected chi connectivity index (χ4v) is 2.69. The largest absolute Gasteiger partial charge is 0.384 e. The summed E-state index contributed by atoms with van der Waals surface area (Å²) >= 11 is 0. The van der Waals surface area contributed by atoms with Gasteiger partial charge in [-0.2, -0.15) is 8.42 Å². The normalized spacial score (nSPS) is 20.4. The van der Waals surface area contributed by atoms with Crippen molar-refractivity contribution in [3.05, 3.63) is 12.4 Å². The van der Waals surface area contributed by atoms with Gasteiger partial charge in [-0.1, -0.05) is 0 Å². The predicted molar refractivity (Wildman–Crippen MR) is 61.8 cm³/mol. The lowest BCUT2D eigenvalue weighted by atomic mass is 10.1. The SMILES string of the molecule is Nc1cc(N2CC(CS(=O)(=O)F)CC2=O)ncn1.